The molecular formula is C18H24N2O4. The van der Waals surface area contributed by atoms with Crippen molar-refractivity contribution in [3.63, 3.8) is 0 Å². The standard InChI is InChI=1S/C18H24N2O4/c1-12-8-15(4-5-16(12)14(3)21)19-17(22)20-9-13(2)24-18(10-20)6-7-23-11-18/h4-5,8,13H,6-7,9-11H2,1-3H3,(H,19,22)/t13-,18+/m0/s1. The number of ketones is 1. The SMILES string of the molecule is CC(=O)c1ccc(NC(=O)N2C[C@H](C)O[C@]3(CCOC3)C2)cc1C. The van der Waals surface area contributed by atoms with Gasteiger partial charge in [-0.1, -0.05) is 0 Å². The van der Waals surface area contributed by atoms with Crippen molar-refractivity contribution in [2.75, 3.05) is 31.6 Å². The highest BCUT2D eigenvalue weighted by Crippen LogP contribution is 2.30. The number of Topliss-reactive ketones (excluding diaryl/α,β-unsaturated/α-hetero) is 1. The van der Waals surface area contributed by atoms with E-state index in [9.17, 15) is 9.59 Å². The van der Waals surface area contributed by atoms with Gasteiger partial charge < -0.3 is 19.7 Å². The zero-order chi connectivity index (χ0) is 17.3. The molecule has 0 aromatic heterocycles. The first kappa shape index (κ1) is 16.9. The molecular weight excluding hydrogens is 308 g/mol. The lowest BCUT2D eigenvalue weighted by molar-refractivity contribution is -0.136. The molecule has 2 aliphatic heterocycles. The Bertz CT molecular complexity index is 652. The number of benzene rings is 1. The number of amides is 2. The van der Waals surface area contributed by atoms with Gasteiger partial charge >= 0.3 is 6.03 Å². The van der Waals surface area contributed by atoms with Gasteiger partial charge in [-0.3, -0.25) is 4.79 Å². The second-order valence-electron chi connectivity index (χ2n) is 6.81. The number of carbonyl (C=O) groups is 2. The summed E-state index contributed by atoms with van der Waals surface area (Å²) >= 11 is 0. The summed E-state index contributed by atoms with van der Waals surface area (Å²) < 4.78 is 11.5. The van der Waals surface area contributed by atoms with Gasteiger partial charge in [-0.25, -0.2) is 4.79 Å². The third-order valence-corrected chi connectivity index (χ3v) is 4.62. The van der Waals surface area contributed by atoms with Gasteiger partial charge in [-0.15, -0.1) is 0 Å². The van der Waals surface area contributed by atoms with Crippen LogP contribution in [0.4, 0.5) is 10.5 Å². The lowest BCUT2D eigenvalue weighted by Crippen LogP contribution is -2.57. The Morgan fingerprint density at radius 1 is 1.38 bits per heavy atom. The van der Waals surface area contributed by atoms with E-state index in [0.29, 0.717) is 37.6 Å². The van der Waals surface area contributed by atoms with E-state index >= 15 is 0 Å². The van der Waals surface area contributed by atoms with Crippen molar-refractivity contribution in [3.05, 3.63) is 29.3 Å². The first-order valence-corrected chi connectivity index (χ1v) is 8.32. The molecule has 6 heteroatoms. The summed E-state index contributed by atoms with van der Waals surface area (Å²) in [6.45, 7) is 7.69. The Kier molecular flexibility index (Phi) is 4.60. The average molecular weight is 332 g/mol. The molecule has 1 N–H and O–H groups in total. The highest BCUT2D eigenvalue weighted by atomic mass is 16.6. The molecule has 2 aliphatic rings. The first-order chi connectivity index (χ1) is 11.4. The summed E-state index contributed by atoms with van der Waals surface area (Å²) in [5.74, 6) is 0.0237. The Labute approximate surface area is 142 Å². The van der Waals surface area contributed by atoms with Crippen LogP contribution in [0, 0.1) is 6.92 Å². The molecule has 0 saturated carbocycles. The summed E-state index contributed by atoms with van der Waals surface area (Å²) in [6.07, 6.45) is 0.793. The van der Waals surface area contributed by atoms with Crippen LogP contribution in [-0.4, -0.2) is 54.7 Å². The number of nitrogens with zero attached hydrogens (tertiary/aromatic N) is 1. The molecule has 0 unspecified atom stereocenters. The predicted molar refractivity (Wildman–Crippen MR) is 90.5 cm³/mol. The molecule has 6 nitrogen and oxygen atoms in total. The quantitative estimate of drug-likeness (QED) is 0.845. The molecule has 0 radical (unpaired) electrons. The maximum atomic E-state index is 12.6. The van der Waals surface area contributed by atoms with E-state index in [0.717, 1.165) is 12.0 Å². The Morgan fingerprint density at radius 3 is 2.79 bits per heavy atom. The van der Waals surface area contributed by atoms with Crippen LogP contribution in [0.5, 0.6) is 0 Å². The Balaban J connectivity index is 1.70. The van der Waals surface area contributed by atoms with Crippen LogP contribution >= 0.6 is 0 Å². The third kappa shape index (κ3) is 3.44. The monoisotopic (exact) mass is 332 g/mol. The lowest BCUT2D eigenvalue weighted by atomic mass is 9.99. The molecule has 2 heterocycles. The number of hydrogen-bond acceptors (Lipinski definition) is 4. The summed E-state index contributed by atoms with van der Waals surface area (Å²) in [4.78, 5) is 25.9. The lowest BCUT2D eigenvalue weighted by Gasteiger charge is -2.42. The molecule has 24 heavy (non-hydrogen) atoms. The minimum Gasteiger partial charge on any atom is -0.378 e. The molecule has 0 bridgehead atoms. The van der Waals surface area contributed by atoms with E-state index in [1.54, 1.807) is 24.0 Å². The van der Waals surface area contributed by atoms with E-state index in [2.05, 4.69) is 5.32 Å². The Morgan fingerprint density at radius 2 is 2.17 bits per heavy atom. The van der Waals surface area contributed by atoms with Crippen molar-refractivity contribution in [2.24, 2.45) is 0 Å². The number of carbonyl (C=O) groups excluding carboxylic acids is 2. The summed E-state index contributed by atoms with van der Waals surface area (Å²) in [5.41, 5.74) is 1.85. The predicted octanol–water partition coefficient (Wildman–Crippen LogP) is 2.61. The van der Waals surface area contributed by atoms with Crippen LogP contribution in [0.3, 0.4) is 0 Å². The number of anilines is 1. The zero-order valence-electron chi connectivity index (χ0n) is 14.4. The van der Waals surface area contributed by atoms with Gasteiger partial charge in [-0.05, 0) is 44.5 Å². The number of ether oxygens (including phenoxy) is 2. The molecule has 2 fully saturated rings. The van der Waals surface area contributed by atoms with E-state index in [1.165, 1.54) is 0 Å². The number of rotatable bonds is 2. The summed E-state index contributed by atoms with van der Waals surface area (Å²) in [7, 11) is 0. The molecule has 2 amide bonds. The van der Waals surface area contributed by atoms with Crippen LogP contribution in [0.1, 0.15) is 36.2 Å². The highest BCUT2D eigenvalue weighted by molar-refractivity contribution is 5.97. The number of hydrogen-bond donors (Lipinski definition) is 1. The van der Waals surface area contributed by atoms with Crippen LogP contribution < -0.4 is 5.32 Å². The minimum absolute atomic E-state index is 0.0203. The van der Waals surface area contributed by atoms with Crippen molar-refractivity contribution in [2.45, 2.75) is 38.9 Å². The van der Waals surface area contributed by atoms with Crippen LogP contribution in [0.2, 0.25) is 0 Å². The fourth-order valence-corrected chi connectivity index (χ4v) is 3.52. The van der Waals surface area contributed by atoms with Crippen LogP contribution in [-0.2, 0) is 9.47 Å². The second kappa shape index (κ2) is 6.53. The average Bonchev–Trinajstić information content (AvgIpc) is 2.93. The topological polar surface area (TPSA) is 67.9 Å². The fraction of sp³-hybridized carbons (Fsp3) is 0.556. The van der Waals surface area contributed by atoms with Crippen molar-refractivity contribution in [3.8, 4) is 0 Å². The van der Waals surface area contributed by atoms with Gasteiger partial charge in [0.25, 0.3) is 0 Å². The first-order valence-electron chi connectivity index (χ1n) is 8.32. The van der Waals surface area contributed by atoms with Crippen molar-refractivity contribution in [1.82, 2.24) is 4.90 Å². The van der Waals surface area contributed by atoms with Gasteiger partial charge in [0.15, 0.2) is 5.78 Å². The molecule has 0 aliphatic carbocycles. The highest BCUT2D eigenvalue weighted by Gasteiger charge is 2.44. The number of urea groups is 1. The van der Waals surface area contributed by atoms with Gasteiger partial charge in [0.05, 0.1) is 19.3 Å². The largest absolute Gasteiger partial charge is 0.378 e. The summed E-state index contributed by atoms with van der Waals surface area (Å²) in [5, 5.41) is 2.92. The van der Waals surface area contributed by atoms with Gasteiger partial charge in [0, 0.05) is 30.8 Å². The van der Waals surface area contributed by atoms with Gasteiger partial charge in [0.2, 0.25) is 0 Å². The molecule has 1 aromatic rings. The van der Waals surface area contributed by atoms with Crippen molar-refractivity contribution in [1.29, 1.82) is 0 Å². The van der Waals surface area contributed by atoms with E-state index < -0.39 is 0 Å². The van der Waals surface area contributed by atoms with Gasteiger partial charge in [-0.2, -0.15) is 0 Å². The molecule has 2 atom stereocenters. The van der Waals surface area contributed by atoms with E-state index in [1.807, 2.05) is 19.9 Å². The third-order valence-electron chi connectivity index (χ3n) is 4.62. The van der Waals surface area contributed by atoms with Crippen molar-refractivity contribution < 1.29 is 19.1 Å². The zero-order valence-corrected chi connectivity index (χ0v) is 14.4. The number of nitrogens with one attached hydrogen (secondary N) is 1. The maximum absolute atomic E-state index is 12.6. The molecule has 130 valence electrons. The number of aryl methyl sites for hydroxylation is 1. The van der Waals surface area contributed by atoms with E-state index in [-0.39, 0.29) is 23.5 Å². The van der Waals surface area contributed by atoms with E-state index in [4.69, 9.17) is 9.47 Å². The smallest absolute Gasteiger partial charge is 0.322 e. The normalized spacial score (nSPS) is 26.6. The fourth-order valence-electron chi connectivity index (χ4n) is 3.52. The Hall–Kier alpha value is -1.92. The molecule has 1 spiro atoms. The molecule has 3 rings (SSSR count). The maximum Gasteiger partial charge on any atom is 0.322 e. The minimum atomic E-state index is -0.372. The van der Waals surface area contributed by atoms with Crippen LogP contribution in [0.25, 0.3) is 0 Å². The molecule has 1 aromatic carbocycles. The van der Waals surface area contributed by atoms with Crippen LogP contribution in [0.15, 0.2) is 18.2 Å². The molecule has 2 saturated heterocycles. The second-order valence-corrected chi connectivity index (χ2v) is 6.81. The van der Waals surface area contributed by atoms with Crippen molar-refractivity contribution >= 4 is 17.5 Å². The number of morpholine rings is 1. The summed E-state index contributed by atoms with van der Waals surface area (Å²) in [6, 6.07) is 5.19. The van der Waals surface area contributed by atoms with Gasteiger partial charge in [0.1, 0.15) is 5.60 Å².